The summed E-state index contributed by atoms with van der Waals surface area (Å²) in [6.07, 6.45) is 0. The van der Waals surface area contributed by atoms with Gasteiger partial charge in [0.25, 0.3) is 0 Å². The number of esters is 1. The molecule has 0 aromatic heterocycles. The lowest BCUT2D eigenvalue weighted by Crippen LogP contribution is -2.06. The fourth-order valence-electron chi connectivity index (χ4n) is 1.65. The number of hydrogen-bond acceptors (Lipinski definition) is 3. The Hall–Kier alpha value is -1.71. The number of nitrogens with two attached hydrogens (primary N) is 1. The average Bonchev–Trinajstić information content (AvgIpc) is 2.40. The zero-order valence-corrected chi connectivity index (χ0v) is 12.3. The molecule has 0 aliphatic rings. The van der Waals surface area contributed by atoms with E-state index in [2.05, 4.69) is 0 Å². The van der Waals surface area contributed by atoms with E-state index in [4.69, 9.17) is 33.7 Å². The molecule has 2 aromatic rings. The quantitative estimate of drug-likeness (QED) is 0.681. The molecule has 0 aliphatic heterocycles. The Balaban J connectivity index is 2.06. The lowest BCUT2D eigenvalue weighted by Gasteiger charge is -2.08. The number of halogens is 2. The second-order valence-electron chi connectivity index (χ2n) is 4.41. The van der Waals surface area contributed by atoms with Crippen LogP contribution in [0.4, 0.5) is 5.69 Å². The summed E-state index contributed by atoms with van der Waals surface area (Å²) in [6.45, 7) is 2.05. The molecule has 3 nitrogen and oxygen atoms in total. The highest BCUT2D eigenvalue weighted by atomic mass is 35.5. The third kappa shape index (κ3) is 3.44. The summed E-state index contributed by atoms with van der Waals surface area (Å²) in [5.74, 6) is -0.469. The topological polar surface area (TPSA) is 52.3 Å². The molecule has 5 heteroatoms. The number of aryl methyl sites for hydroxylation is 1. The van der Waals surface area contributed by atoms with Crippen LogP contribution in [0.25, 0.3) is 0 Å². The Kier molecular flexibility index (Phi) is 4.53. The Bertz CT molecular complexity index is 656. The van der Waals surface area contributed by atoms with Crippen LogP contribution in [0.1, 0.15) is 21.5 Å². The molecule has 0 amide bonds. The Morgan fingerprint density at radius 1 is 1.15 bits per heavy atom. The van der Waals surface area contributed by atoms with E-state index in [1.54, 1.807) is 12.1 Å². The van der Waals surface area contributed by atoms with Crippen molar-refractivity contribution < 1.29 is 9.53 Å². The predicted octanol–water partition coefficient (Wildman–Crippen LogP) is 4.24. The van der Waals surface area contributed by atoms with E-state index in [0.29, 0.717) is 21.3 Å². The number of carbonyl (C=O) groups is 1. The van der Waals surface area contributed by atoms with Crippen LogP contribution in [-0.2, 0) is 11.3 Å². The Labute approximate surface area is 127 Å². The summed E-state index contributed by atoms with van der Waals surface area (Å²) in [5, 5.41) is 0.904. The fourth-order valence-corrected chi connectivity index (χ4v) is 2.12. The molecule has 0 fully saturated rings. The zero-order chi connectivity index (χ0) is 14.7. The SMILES string of the molecule is Cc1ccc(COC(=O)c2ccc(N)c(Cl)c2)c(Cl)c1. The number of hydrogen-bond donors (Lipinski definition) is 1. The van der Waals surface area contributed by atoms with Crippen LogP contribution in [0.15, 0.2) is 36.4 Å². The molecule has 2 N–H and O–H groups in total. The van der Waals surface area contributed by atoms with Crippen LogP contribution in [0.2, 0.25) is 10.0 Å². The van der Waals surface area contributed by atoms with E-state index in [1.165, 1.54) is 6.07 Å². The van der Waals surface area contributed by atoms with E-state index >= 15 is 0 Å². The van der Waals surface area contributed by atoms with E-state index < -0.39 is 5.97 Å². The fraction of sp³-hybridized carbons (Fsp3) is 0.133. The van der Waals surface area contributed by atoms with Gasteiger partial charge in [0, 0.05) is 10.6 Å². The second-order valence-corrected chi connectivity index (χ2v) is 5.22. The molecular formula is C15H13Cl2NO2. The maximum atomic E-state index is 11.9. The number of anilines is 1. The van der Waals surface area contributed by atoms with E-state index in [0.717, 1.165) is 11.1 Å². The van der Waals surface area contributed by atoms with Crippen molar-refractivity contribution in [2.45, 2.75) is 13.5 Å². The molecule has 0 unspecified atom stereocenters. The van der Waals surface area contributed by atoms with Gasteiger partial charge in [-0.15, -0.1) is 0 Å². The molecule has 0 atom stereocenters. The van der Waals surface area contributed by atoms with Gasteiger partial charge in [0.05, 0.1) is 16.3 Å². The van der Waals surface area contributed by atoms with Gasteiger partial charge in [-0.3, -0.25) is 0 Å². The lowest BCUT2D eigenvalue weighted by atomic mass is 10.1. The smallest absolute Gasteiger partial charge is 0.338 e. The molecule has 2 aromatic carbocycles. The predicted molar refractivity (Wildman–Crippen MR) is 81.2 cm³/mol. The van der Waals surface area contributed by atoms with E-state index in [1.807, 2.05) is 25.1 Å². The number of benzene rings is 2. The highest BCUT2D eigenvalue weighted by Gasteiger charge is 2.10. The van der Waals surface area contributed by atoms with Crippen molar-refractivity contribution in [3.63, 3.8) is 0 Å². The number of rotatable bonds is 3. The summed E-state index contributed by atoms with van der Waals surface area (Å²) in [5.41, 5.74) is 8.17. The van der Waals surface area contributed by atoms with Crippen molar-refractivity contribution in [3.8, 4) is 0 Å². The van der Waals surface area contributed by atoms with E-state index in [-0.39, 0.29) is 6.61 Å². The van der Waals surface area contributed by atoms with Gasteiger partial charge in [-0.2, -0.15) is 0 Å². The average molecular weight is 310 g/mol. The Morgan fingerprint density at radius 3 is 2.55 bits per heavy atom. The highest BCUT2D eigenvalue weighted by molar-refractivity contribution is 6.33. The molecule has 0 saturated heterocycles. The van der Waals surface area contributed by atoms with Crippen LogP contribution in [0.5, 0.6) is 0 Å². The summed E-state index contributed by atoms with van der Waals surface area (Å²) in [7, 11) is 0. The minimum Gasteiger partial charge on any atom is -0.457 e. The number of carbonyl (C=O) groups excluding carboxylic acids is 1. The largest absolute Gasteiger partial charge is 0.457 e. The first-order valence-corrected chi connectivity index (χ1v) is 6.70. The maximum absolute atomic E-state index is 11.9. The number of nitrogen functional groups attached to an aromatic ring is 1. The van der Waals surface area contributed by atoms with Gasteiger partial charge in [-0.1, -0.05) is 35.3 Å². The minimum atomic E-state index is -0.469. The molecule has 0 bridgehead atoms. The first kappa shape index (κ1) is 14.7. The normalized spacial score (nSPS) is 10.3. The third-order valence-electron chi connectivity index (χ3n) is 2.80. The van der Waals surface area contributed by atoms with Gasteiger partial charge in [0.1, 0.15) is 6.61 Å². The highest BCUT2D eigenvalue weighted by Crippen LogP contribution is 2.22. The van der Waals surface area contributed by atoms with Crippen LogP contribution in [0.3, 0.4) is 0 Å². The lowest BCUT2D eigenvalue weighted by molar-refractivity contribution is 0.0473. The molecule has 0 heterocycles. The second kappa shape index (κ2) is 6.16. The van der Waals surface area contributed by atoms with Gasteiger partial charge in [0.2, 0.25) is 0 Å². The molecular weight excluding hydrogens is 297 g/mol. The number of ether oxygens (including phenoxy) is 1. The first-order valence-electron chi connectivity index (χ1n) is 5.94. The van der Waals surface area contributed by atoms with Crippen molar-refractivity contribution in [2.75, 3.05) is 5.73 Å². The van der Waals surface area contributed by atoms with Gasteiger partial charge >= 0.3 is 5.97 Å². The van der Waals surface area contributed by atoms with Crippen molar-refractivity contribution in [1.82, 2.24) is 0 Å². The molecule has 0 saturated carbocycles. The van der Waals surface area contributed by atoms with Crippen molar-refractivity contribution in [2.24, 2.45) is 0 Å². The van der Waals surface area contributed by atoms with Crippen LogP contribution in [-0.4, -0.2) is 5.97 Å². The Morgan fingerprint density at radius 2 is 1.90 bits per heavy atom. The van der Waals surface area contributed by atoms with E-state index in [9.17, 15) is 4.79 Å². The molecule has 0 aliphatic carbocycles. The van der Waals surface area contributed by atoms with Gasteiger partial charge in [-0.05, 0) is 36.8 Å². The molecule has 104 valence electrons. The van der Waals surface area contributed by atoms with Crippen LogP contribution in [0, 0.1) is 6.92 Å². The third-order valence-corrected chi connectivity index (χ3v) is 3.48. The summed E-state index contributed by atoms with van der Waals surface area (Å²) < 4.78 is 5.21. The summed E-state index contributed by atoms with van der Waals surface area (Å²) in [6, 6.07) is 10.2. The van der Waals surface area contributed by atoms with Crippen molar-refractivity contribution >= 4 is 34.9 Å². The molecule has 0 spiro atoms. The van der Waals surface area contributed by atoms with Crippen molar-refractivity contribution in [1.29, 1.82) is 0 Å². The molecule has 2 rings (SSSR count). The minimum absolute atomic E-state index is 0.111. The van der Waals surface area contributed by atoms with Crippen LogP contribution >= 0.6 is 23.2 Å². The summed E-state index contributed by atoms with van der Waals surface area (Å²) >= 11 is 11.9. The van der Waals surface area contributed by atoms with Crippen molar-refractivity contribution in [3.05, 3.63) is 63.1 Å². The van der Waals surface area contributed by atoms with Gasteiger partial charge in [-0.25, -0.2) is 4.79 Å². The van der Waals surface area contributed by atoms with Gasteiger partial charge in [0.15, 0.2) is 0 Å². The molecule has 0 radical (unpaired) electrons. The zero-order valence-electron chi connectivity index (χ0n) is 10.8. The molecule has 20 heavy (non-hydrogen) atoms. The standard InChI is InChI=1S/C15H13Cl2NO2/c1-9-2-3-11(12(16)6-9)8-20-15(19)10-4-5-14(18)13(17)7-10/h2-7H,8,18H2,1H3. The maximum Gasteiger partial charge on any atom is 0.338 e. The first-order chi connectivity index (χ1) is 9.47. The summed E-state index contributed by atoms with van der Waals surface area (Å²) in [4.78, 5) is 11.9. The van der Waals surface area contributed by atoms with Crippen LogP contribution < -0.4 is 5.73 Å². The monoisotopic (exact) mass is 309 g/mol. The van der Waals surface area contributed by atoms with Gasteiger partial charge < -0.3 is 10.5 Å².